The zero-order valence-corrected chi connectivity index (χ0v) is 11.9. The molecule has 0 saturated heterocycles. The number of carbonyl (C=O) groups excluding carboxylic acids is 1. The minimum absolute atomic E-state index is 0.0105. The fourth-order valence-electron chi connectivity index (χ4n) is 2.61. The Kier molecular flexibility index (Phi) is 3.88. The van der Waals surface area contributed by atoms with Crippen LogP contribution >= 0.6 is 0 Å². The van der Waals surface area contributed by atoms with Gasteiger partial charge in [0.15, 0.2) is 5.78 Å². The van der Waals surface area contributed by atoms with Gasteiger partial charge in [-0.1, -0.05) is 34.1 Å². The Balaban J connectivity index is 2.38. The van der Waals surface area contributed by atoms with Crippen molar-refractivity contribution in [1.29, 1.82) is 0 Å². The Hall–Kier alpha value is -1.12. The molecule has 1 aliphatic carbocycles. The molecule has 1 aromatic heterocycles. The Morgan fingerprint density at radius 1 is 1.22 bits per heavy atom. The van der Waals surface area contributed by atoms with Crippen LogP contribution < -0.4 is 0 Å². The summed E-state index contributed by atoms with van der Waals surface area (Å²) in [4.78, 5) is 12.1. The molecular weight excluding hydrogens is 224 g/mol. The van der Waals surface area contributed by atoms with Gasteiger partial charge in [-0.3, -0.25) is 9.48 Å². The number of nitrogens with zero attached hydrogens (tertiary/aromatic N) is 2. The van der Waals surface area contributed by atoms with Gasteiger partial charge in [0.05, 0.1) is 5.69 Å². The zero-order chi connectivity index (χ0) is 13.3. The Bertz CT molecular complexity index is 432. The highest BCUT2D eigenvalue weighted by Crippen LogP contribution is 2.30. The molecule has 3 nitrogen and oxygen atoms in total. The molecule has 100 valence electrons. The highest BCUT2D eigenvalue weighted by atomic mass is 16.1. The maximum atomic E-state index is 12.1. The Morgan fingerprint density at radius 3 is 2.50 bits per heavy atom. The van der Waals surface area contributed by atoms with Crippen LogP contribution in [0.1, 0.15) is 82.6 Å². The van der Waals surface area contributed by atoms with E-state index >= 15 is 0 Å². The highest BCUT2D eigenvalue weighted by molar-refractivity contribution is 5.83. The first-order valence-corrected chi connectivity index (χ1v) is 7.12. The van der Waals surface area contributed by atoms with Gasteiger partial charge < -0.3 is 0 Å². The van der Waals surface area contributed by atoms with E-state index in [0.717, 1.165) is 31.4 Å². The van der Waals surface area contributed by atoms with Crippen LogP contribution in [0, 0.1) is 0 Å². The molecule has 1 saturated carbocycles. The lowest BCUT2D eigenvalue weighted by Gasteiger charge is -2.23. The molecule has 0 aromatic carbocycles. The van der Waals surface area contributed by atoms with E-state index in [0.29, 0.717) is 17.6 Å². The van der Waals surface area contributed by atoms with E-state index in [2.05, 4.69) is 33.8 Å². The lowest BCUT2D eigenvalue weighted by Crippen LogP contribution is -2.25. The highest BCUT2D eigenvalue weighted by Gasteiger charge is 2.27. The maximum absolute atomic E-state index is 12.1. The molecule has 0 aliphatic heterocycles. The molecule has 0 spiro atoms. The average molecular weight is 248 g/mol. The van der Waals surface area contributed by atoms with Crippen molar-refractivity contribution in [3.8, 4) is 0 Å². The van der Waals surface area contributed by atoms with Crippen molar-refractivity contribution in [2.75, 3.05) is 0 Å². The molecule has 1 atom stereocenters. The van der Waals surface area contributed by atoms with Crippen LogP contribution in [0.4, 0.5) is 0 Å². The third kappa shape index (κ3) is 2.50. The molecule has 1 aromatic rings. The molecule has 3 heteroatoms. The maximum Gasteiger partial charge on any atom is 0.157 e. The fraction of sp³-hybridized carbons (Fsp3) is 0.733. The zero-order valence-electron chi connectivity index (χ0n) is 11.9. The Morgan fingerprint density at radius 2 is 1.94 bits per heavy atom. The van der Waals surface area contributed by atoms with Crippen LogP contribution in [0.2, 0.25) is 0 Å². The van der Waals surface area contributed by atoms with E-state index in [1.54, 1.807) is 0 Å². The summed E-state index contributed by atoms with van der Waals surface area (Å²) in [6.45, 7) is 8.65. The lowest BCUT2D eigenvalue weighted by molar-refractivity contribution is -0.124. The van der Waals surface area contributed by atoms with Gasteiger partial charge >= 0.3 is 0 Å². The van der Waals surface area contributed by atoms with Crippen molar-refractivity contribution in [2.45, 2.75) is 71.3 Å². The van der Waals surface area contributed by atoms with E-state index in [4.69, 9.17) is 5.10 Å². The van der Waals surface area contributed by atoms with Crippen molar-refractivity contribution in [3.63, 3.8) is 0 Å². The summed E-state index contributed by atoms with van der Waals surface area (Å²) in [6.07, 6.45) is 3.87. The molecule has 2 rings (SSSR count). The molecule has 0 N–H and O–H groups in total. The molecule has 0 amide bonds. The molecule has 0 radical (unpaired) electrons. The Labute approximate surface area is 110 Å². The van der Waals surface area contributed by atoms with Crippen LogP contribution in [0.3, 0.4) is 0 Å². The van der Waals surface area contributed by atoms with Crippen LogP contribution in [0.15, 0.2) is 6.07 Å². The third-order valence-corrected chi connectivity index (χ3v) is 3.78. The minimum atomic E-state index is -0.0105. The topological polar surface area (TPSA) is 34.9 Å². The summed E-state index contributed by atoms with van der Waals surface area (Å²) in [5, 5.41) is 4.70. The third-order valence-electron chi connectivity index (χ3n) is 3.78. The quantitative estimate of drug-likeness (QED) is 0.815. The van der Waals surface area contributed by atoms with Crippen molar-refractivity contribution < 1.29 is 4.79 Å². The predicted molar refractivity (Wildman–Crippen MR) is 72.9 cm³/mol. The van der Waals surface area contributed by atoms with Gasteiger partial charge in [-0.2, -0.15) is 5.10 Å². The van der Waals surface area contributed by atoms with Gasteiger partial charge in [0, 0.05) is 12.1 Å². The van der Waals surface area contributed by atoms with Gasteiger partial charge in [-0.05, 0) is 30.7 Å². The SMILES string of the molecule is CC(C)c1cc(C(C)C)n(C2CCCCC2=O)n1. The first-order chi connectivity index (χ1) is 8.50. The summed E-state index contributed by atoms with van der Waals surface area (Å²) in [5.74, 6) is 1.20. The monoisotopic (exact) mass is 248 g/mol. The minimum Gasteiger partial charge on any atom is -0.297 e. The van der Waals surface area contributed by atoms with Crippen LogP contribution in [0.25, 0.3) is 0 Å². The fourth-order valence-corrected chi connectivity index (χ4v) is 2.61. The van der Waals surface area contributed by atoms with Crippen molar-refractivity contribution in [3.05, 3.63) is 17.5 Å². The molecule has 18 heavy (non-hydrogen) atoms. The second-order valence-electron chi connectivity index (χ2n) is 5.98. The molecule has 0 bridgehead atoms. The van der Waals surface area contributed by atoms with E-state index < -0.39 is 0 Å². The lowest BCUT2D eigenvalue weighted by atomic mass is 9.93. The van der Waals surface area contributed by atoms with Gasteiger partial charge in [0.1, 0.15) is 6.04 Å². The molecule has 1 fully saturated rings. The summed E-state index contributed by atoms with van der Waals surface area (Å²) >= 11 is 0. The number of hydrogen-bond acceptors (Lipinski definition) is 2. The number of hydrogen-bond donors (Lipinski definition) is 0. The average Bonchev–Trinajstić information content (AvgIpc) is 2.74. The normalized spacial score (nSPS) is 21.0. The predicted octanol–water partition coefficient (Wildman–Crippen LogP) is 3.81. The first kappa shape index (κ1) is 13.3. The van der Waals surface area contributed by atoms with Crippen molar-refractivity contribution in [1.82, 2.24) is 9.78 Å². The smallest absolute Gasteiger partial charge is 0.157 e. The molecule has 1 unspecified atom stereocenters. The second-order valence-corrected chi connectivity index (χ2v) is 5.98. The van der Waals surface area contributed by atoms with E-state index in [1.165, 1.54) is 5.69 Å². The summed E-state index contributed by atoms with van der Waals surface area (Å²) in [7, 11) is 0. The second kappa shape index (κ2) is 5.25. The summed E-state index contributed by atoms with van der Waals surface area (Å²) in [5.41, 5.74) is 2.32. The molecule has 1 aliphatic rings. The van der Waals surface area contributed by atoms with Crippen LogP contribution in [0.5, 0.6) is 0 Å². The number of aromatic nitrogens is 2. The van der Waals surface area contributed by atoms with Crippen molar-refractivity contribution in [2.24, 2.45) is 0 Å². The van der Waals surface area contributed by atoms with Gasteiger partial charge in [-0.15, -0.1) is 0 Å². The largest absolute Gasteiger partial charge is 0.297 e. The van der Waals surface area contributed by atoms with Gasteiger partial charge in [-0.25, -0.2) is 0 Å². The summed E-state index contributed by atoms with van der Waals surface area (Å²) < 4.78 is 2.02. The number of rotatable bonds is 3. The molecule has 1 heterocycles. The van der Waals surface area contributed by atoms with Gasteiger partial charge in [0.25, 0.3) is 0 Å². The van der Waals surface area contributed by atoms with E-state index in [9.17, 15) is 4.79 Å². The number of Topliss-reactive ketones (excluding diaryl/α,β-unsaturated/α-hetero) is 1. The van der Waals surface area contributed by atoms with Crippen LogP contribution in [-0.2, 0) is 4.79 Å². The van der Waals surface area contributed by atoms with E-state index in [-0.39, 0.29) is 6.04 Å². The van der Waals surface area contributed by atoms with Crippen LogP contribution in [-0.4, -0.2) is 15.6 Å². The number of carbonyl (C=O) groups is 1. The molecular formula is C15H24N2O. The van der Waals surface area contributed by atoms with Crippen molar-refractivity contribution >= 4 is 5.78 Å². The first-order valence-electron chi connectivity index (χ1n) is 7.12. The van der Waals surface area contributed by atoms with Gasteiger partial charge in [0.2, 0.25) is 0 Å². The standard InChI is InChI=1S/C15H24N2O/c1-10(2)12-9-14(11(3)4)17(16-12)13-7-5-6-8-15(13)18/h9-11,13H,5-8H2,1-4H3. The summed E-state index contributed by atoms with van der Waals surface area (Å²) in [6, 6.07) is 2.17. The number of ketones is 1. The van der Waals surface area contributed by atoms with E-state index in [1.807, 2.05) is 4.68 Å².